The van der Waals surface area contributed by atoms with Gasteiger partial charge in [-0.1, -0.05) is 48.0 Å². The summed E-state index contributed by atoms with van der Waals surface area (Å²) in [5.74, 6) is 0.391. The smallest absolute Gasteiger partial charge is 0.257 e. The summed E-state index contributed by atoms with van der Waals surface area (Å²) in [6.07, 6.45) is 0. The number of ether oxygens (including phenoxy) is 1. The van der Waals surface area contributed by atoms with Gasteiger partial charge in [-0.2, -0.15) is 0 Å². The van der Waals surface area contributed by atoms with E-state index in [4.69, 9.17) is 28.6 Å². The van der Waals surface area contributed by atoms with E-state index in [2.05, 4.69) is 10.6 Å². The van der Waals surface area contributed by atoms with Crippen molar-refractivity contribution in [2.45, 2.75) is 13.5 Å². The zero-order chi connectivity index (χ0) is 19.9. The first kappa shape index (κ1) is 19.9. The van der Waals surface area contributed by atoms with E-state index >= 15 is 0 Å². The van der Waals surface area contributed by atoms with Crippen LogP contribution in [0.2, 0.25) is 5.02 Å². The molecule has 0 spiro atoms. The second-order valence-electron chi connectivity index (χ2n) is 6.17. The Hall–Kier alpha value is -2.89. The first-order chi connectivity index (χ1) is 13.5. The number of hydrogen-bond acceptors (Lipinski definition) is 3. The number of anilines is 1. The lowest BCUT2D eigenvalue weighted by atomic mass is 10.2. The summed E-state index contributed by atoms with van der Waals surface area (Å²) in [7, 11) is 0. The molecule has 0 aromatic heterocycles. The molecule has 3 rings (SSSR count). The van der Waals surface area contributed by atoms with Gasteiger partial charge in [0.05, 0.1) is 0 Å². The second kappa shape index (κ2) is 9.35. The molecule has 1 amide bonds. The number of halogens is 1. The molecule has 4 nitrogen and oxygen atoms in total. The van der Waals surface area contributed by atoms with Crippen LogP contribution < -0.4 is 15.4 Å². The molecule has 0 aliphatic rings. The summed E-state index contributed by atoms with van der Waals surface area (Å²) in [6, 6.07) is 22.2. The monoisotopic (exact) mass is 410 g/mol. The van der Waals surface area contributed by atoms with Gasteiger partial charge in [-0.25, -0.2) is 0 Å². The zero-order valence-corrected chi connectivity index (χ0v) is 16.8. The Labute approximate surface area is 174 Å². The highest BCUT2D eigenvalue weighted by atomic mass is 35.5. The minimum absolute atomic E-state index is 0.208. The number of thiocarbonyl (C=S) groups is 1. The quantitative estimate of drug-likeness (QED) is 0.556. The predicted octanol–water partition coefficient (Wildman–Crippen LogP) is 5.35. The number of carbonyl (C=O) groups is 1. The van der Waals surface area contributed by atoms with E-state index in [-0.39, 0.29) is 11.0 Å². The average molecular weight is 411 g/mol. The van der Waals surface area contributed by atoms with Crippen molar-refractivity contribution in [2.24, 2.45) is 0 Å². The van der Waals surface area contributed by atoms with Gasteiger partial charge in [0.25, 0.3) is 5.91 Å². The Morgan fingerprint density at radius 1 is 1.04 bits per heavy atom. The van der Waals surface area contributed by atoms with Crippen LogP contribution in [0.5, 0.6) is 5.75 Å². The van der Waals surface area contributed by atoms with E-state index in [0.29, 0.717) is 22.9 Å². The first-order valence-corrected chi connectivity index (χ1v) is 9.45. The van der Waals surface area contributed by atoms with E-state index in [1.54, 1.807) is 36.4 Å². The van der Waals surface area contributed by atoms with Crippen molar-refractivity contribution in [1.82, 2.24) is 5.32 Å². The van der Waals surface area contributed by atoms with Gasteiger partial charge < -0.3 is 10.1 Å². The molecule has 2 N–H and O–H groups in total. The van der Waals surface area contributed by atoms with Crippen molar-refractivity contribution in [3.8, 4) is 5.75 Å². The van der Waals surface area contributed by atoms with Crippen molar-refractivity contribution in [1.29, 1.82) is 0 Å². The fourth-order valence-corrected chi connectivity index (χ4v) is 2.88. The number of benzene rings is 3. The molecular formula is C22H19ClN2O2S. The molecule has 3 aromatic rings. The second-order valence-corrected chi connectivity index (χ2v) is 7.01. The predicted molar refractivity (Wildman–Crippen MR) is 117 cm³/mol. The summed E-state index contributed by atoms with van der Waals surface area (Å²) < 4.78 is 5.73. The van der Waals surface area contributed by atoms with Gasteiger partial charge >= 0.3 is 0 Å². The zero-order valence-electron chi connectivity index (χ0n) is 15.2. The molecule has 0 saturated carbocycles. The van der Waals surface area contributed by atoms with E-state index < -0.39 is 0 Å². The van der Waals surface area contributed by atoms with Crippen LogP contribution in [0.15, 0.2) is 72.8 Å². The van der Waals surface area contributed by atoms with Crippen molar-refractivity contribution >= 4 is 40.5 Å². The Balaban J connectivity index is 1.55. The molecule has 142 valence electrons. The number of aryl methyl sites for hydroxylation is 1. The third kappa shape index (κ3) is 5.55. The number of amides is 1. The van der Waals surface area contributed by atoms with Crippen LogP contribution in [0.1, 0.15) is 21.5 Å². The molecule has 0 aliphatic heterocycles. The Bertz CT molecular complexity index is 976. The van der Waals surface area contributed by atoms with Crippen LogP contribution in [0.3, 0.4) is 0 Å². The highest BCUT2D eigenvalue weighted by molar-refractivity contribution is 7.80. The molecule has 0 unspecified atom stereocenters. The molecule has 28 heavy (non-hydrogen) atoms. The summed E-state index contributed by atoms with van der Waals surface area (Å²) >= 11 is 11.2. The maximum atomic E-state index is 12.4. The molecule has 0 radical (unpaired) electrons. The number of rotatable bonds is 5. The van der Waals surface area contributed by atoms with E-state index in [9.17, 15) is 4.79 Å². The lowest BCUT2D eigenvalue weighted by molar-refractivity contribution is 0.0977. The van der Waals surface area contributed by atoms with Crippen LogP contribution in [0, 0.1) is 6.92 Å². The van der Waals surface area contributed by atoms with Gasteiger partial charge in [-0.15, -0.1) is 0 Å². The number of hydrogen-bond donors (Lipinski definition) is 2. The average Bonchev–Trinajstić information content (AvgIpc) is 2.70. The molecular weight excluding hydrogens is 392 g/mol. The van der Waals surface area contributed by atoms with Crippen molar-refractivity contribution in [3.63, 3.8) is 0 Å². The highest BCUT2D eigenvalue weighted by Gasteiger charge is 2.09. The molecule has 0 aliphatic carbocycles. The molecule has 0 bridgehead atoms. The van der Waals surface area contributed by atoms with E-state index in [1.165, 1.54) is 0 Å². The van der Waals surface area contributed by atoms with Crippen molar-refractivity contribution in [2.75, 3.05) is 5.32 Å². The van der Waals surface area contributed by atoms with Gasteiger partial charge in [0.1, 0.15) is 12.4 Å². The van der Waals surface area contributed by atoms with Gasteiger partial charge in [-0.05, 0) is 66.7 Å². The summed E-state index contributed by atoms with van der Waals surface area (Å²) in [5, 5.41) is 6.46. The SMILES string of the molecule is Cc1ccc(Cl)cc1NC(=S)NC(=O)c1ccc(OCc2ccccc2)cc1. The minimum Gasteiger partial charge on any atom is -0.489 e. The van der Waals surface area contributed by atoms with Crippen LogP contribution in [-0.2, 0) is 6.61 Å². The molecule has 3 aromatic carbocycles. The molecule has 0 heterocycles. The highest BCUT2D eigenvalue weighted by Crippen LogP contribution is 2.20. The third-order valence-electron chi connectivity index (χ3n) is 4.04. The molecule has 0 fully saturated rings. The minimum atomic E-state index is -0.299. The van der Waals surface area contributed by atoms with Gasteiger partial charge in [0.2, 0.25) is 0 Å². The molecule has 6 heteroatoms. The summed E-state index contributed by atoms with van der Waals surface area (Å²) in [5.41, 5.74) is 3.29. The Morgan fingerprint density at radius 3 is 2.46 bits per heavy atom. The fraction of sp³-hybridized carbons (Fsp3) is 0.0909. The fourth-order valence-electron chi connectivity index (χ4n) is 2.50. The van der Waals surface area contributed by atoms with Crippen LogP contribution in [-0.4, -0.2) is 11.0 Å². The maximum absolute atomic E-state index is 12.4. The van der Waals surface area contributed by atoms with Gasteiger partial charge in [0.15, 0.2) is 5.11 Å². The van der Waals surface area contributed by atoms with Gasteiger partial charge in [0, 0.05) is 16.3 Å². The van der Waals surface area contributed by atoms with Gasteiger partial charge in [-0.3, -0.25) is 10.1 Å². The third-order valence-corrected chi connectivity index (χ3v) is 4.48. The van der Waals surface area contributed by atoms with E-state index in [0.717, 1.165) is 16.8 Å². The van der Waals surface area contributed by atoms with Crippen molar-refractivity contribution < 1.29 is 9.53 Å². The topological polar surface area (TPSA) is 50.4 Å². The van der Waals surface area contributed by atoms with Crippen molar-refractivity contribution in [3.05, 3.63) is 94.5 Å². The Morgan fingerprint density at radius 2 is 1.75 bits per heavy atom. The lowest BCUT2D eigenvalue weighted by Crippen LogP contribution is -2.34. The van der Waals surface area contributed by atoms with Crippen LogP contribution >= 0.6 is 23.8 Å². The summed E-state index contributed by atoms with van der Waals surface area (Å²) in [6.45, 7) is 2.40. The number of carbonyl (C=O) groups excluding carboxylic acids is 1. The first-order valence-electron chi connectivity index (χ1n) is 8.66. The molecule has 0 saturated heterocycles. The molecule has 0 atom stereocenters. The maximum Gasteiger partial charge on any atom is 0.257 e. The van der Waals surface area contributed by atoms with E-state index in [1.807, 2.05) is 43.3 Å². The summed E-state index contributed by atoms with van der Waals surface area (Å²) in [4.78, 5) is 12.4. The van der Waals surface area contributed by atoms with Crippen LogP contribution in [0.4, 0.5) is 5.69 Å². The number of nitrogens with one attached hydrogen (secondary N) is 2. The lowest BCUT2D eigenvalue weighted by Gasteiger charge is -2.12. The standard InChI is InChI=1S/C22H19ClN2O2S/c1-15-7-10-18(23)13-20(15)24-22(28)25-21(26)17-8-11-19(12-9-17)27-14-16-5-3-2-4-6-16/h2-13H,14H2,1H3,(H2,24,25,26,28). The van der Waals surface area contributed by atoms with Crippen LogP contribution in [0.25, 0.3) is 0 Å². The normalized spacial score (nSPS) is 10.2. The largest absolute Gasteiger partial charge is 0.489 e. The Kier molecular flexibility index (Phi) is 6.63.